The van der Waals surface area contributed by atoms with Gasteiger partial charge in [0.15, 0.2) is 0 Å². The quantitative estimate of drug-likeness (QED) is 0.857. The number of anilines is 1. The first kappa shape index (κ1) is 17.6. The van der Waals surface area contributed by atoms with Crippen molar-refractivity contribution < 1.29 is 19.4 Å². The zero-order valence-corrected chi connectivity index (χ0v) is 15.0. The van der Waals surface area contributed by atoms with Crippen molar-refractivity contribution in [1.82, 2.24) is 0 Å². The molecule has 25 heavy (non-hydrogen) atoms. The first-order chi connectivity index (χ1) is 12.0. The molecule has 1 unspecified atom stereocenters. The lowest BCUT2D eigenvalue weighted by atomic mass is 10.1. The Kier molecular flexibility index (Phi) is 5.20. The van der Waals surface area contributed by atoms with Gasteiger partial charge in [0.05, 0.1) is 36.0 Å². The Morgan fingerprint density at radius 2 is 2.08 bits per heavy atom. The number of nitrogens with zero attached hydrogens (tertiary/aromatic N) is 1. The zero-order chi connectivity index (χ0) is 18.0. The molecule has 1 aliphatic rings. The number of carboxylic acid groups (broad SMARTS) is 1. The standard InChI is InChI=1S/C18H16ClNO4S/c1-24-14-8-11(6-7-12(14)19)10-20-13-4-2-3-5-15(13)25-16(18(20)23)9-17(21)22/h2-8,16H,9-10H2,1H3,(H,21,22). The van der Waals surface area contributed by atoms with Crippen LogP contribution in [-0.4, -0.2) is 29.3 Å². The number of thioether (sulfide) groups is 1. The zero-order valence-electron chi connectivity index (χ0n) is 13.4. The van der Waals surface area contributed by atoms with E-state index < -0.39 is 11.2 Å². The number of halogens is 1. The predicted octanol–water partition coefficient (Wildman–Crippen LogP) is 3.83. The summed E-state index contributed by atoms with van der Waals surface area (Å²) in [4.78, 5) is 26.5. The number of methoxy groups -OCH3 is 1. The van der Waals surface area contributed by atoms with Crippen molar-refractivity contribution in [2.24, 2.45) is 0 Å². The third kappa shape index (κ3) is 3.75. The van der Waals surface area contributed by atoms with Crippen LogP contribution in [0.2, 0.25) is 5.02 Å². The van der Waals surface area contributed by atoms with Crippen LogP contribution in [0.5, 0.6) is 5.75 Å². The topological polar surface area (TPSA) is 66.8 Å². The molecule has 2 aromatic carbocycles. The van der Waals surface area contributed by atoms with Gasteiger partial charge in [-0.3, -0.25) is 9.59 Å². The van der Waals surface area contributed by atoms with Crippen molar-refractivity contribution in [1.29, 1.82) is 0 Å². The molecule has 1 heterocycles. The van der Waals surface area contributed by atoms with E-state index in [9.17, 15) is 9.59 Å². The number of hydrogen-bond acceptors (Lipinski definition) is 4. The Labute approximate surface area is 154 Å². The highest BCUT2D eigenvalue weighted by atomic mass is 35.5. The molecule has 2 aromatic rings. The van der Waals surface area contributed by atoms with Gasteiger partial charge in [-0.2, -0.15) is 0 Å². The van der Waals surface area contributed by atoms with Gasteiger partial charge in [0.2, 0.25) is 5.91 Å². The number of carbonyl (C=O) groups is 2. The Morgan fingerprint density at radius 1 is 1.32 bits per heavy atom. The number of hydrogen-bond donors (Lipinski definition) is 1. The largest absolute Gasteiger partial charge is 0.495 e. The van der Waals surface area contributed by atoms with Crippen LogP contribution >= 0.6 is 23.4 Å². The van der Waals surface area contributed by atoms with Crippen LogP contribution in [-0.2, 0) is 16.1 Å². The van der Waals surface area contributed by atoms with Crippen LogP contribution in [0.1, 0.15) is 12.0 Å². The van der Waals surface area contributed by atoms with Crippen molar-refractivity contribution in [3.8, 4) is 5.75 Å². The summed E-state index contributed by atoms with van der Waals surface area (Å²) in [5.74, 6) is -0.660. The average Bonchev–Trinajstić information content (AvgIpc) is 2.59. The molecule has 5 nitrogen and oxygen atoms in total. The van der Waals surface area contributed by atoms with Crippen molar-refractivity contribution >= 4 is 40.9 Å². The van der Waals surface area contributed by atoms with Gasteiger partial charge < -0.3 is 14.7 Å². The lowest BCUT2D eigenvalue weighted by Crippen LogP contribution is -2.41. The van der Waals surface area contributed by atoms with E-state index in [4.69, 9.17) is 21.4 Å². The highest BCUT2D eigenvalue weighted by Gasteiger charge is 2.34. The summed E-state index contributed by atoms with van der Waals surface area (Å²) in [6.45, 7) is 0.319. The Hall–Kier alpha value is -2.18. The third-order valence-electron chi connectivity index (χ3n) is 3.88. The van der Waals surface area contributed by atoms with E-state index in [1.165, 1.54) is 18.9 Å². The van der Waals surface area contributed by atoms with E-state index in [0.29, 0.717) is 17.3 Å². The molecule has 0 saturated carbocycles. The number of carboxylic acids is 1. The molecule has 0 bridgehead atoms. The summed E-state index contributed by atoms with van der Waals surface area (Å²) in [5, 5.41) is 8.95. The first-order valence-corrected chi connectivity index (χ1v) is 8.86. The summed E-state index contributed by atoms with van der Waals surface area (Å²) in [7, 11) is 1.53. The predicted molar refractivity (Wildman–Crippen MR) is 97.5 cm³/mol. The molecule has 0 spiro atoms. The van der Waals surface area contributed by atoms with E-state index in [-0.39, 0.29) is 12.3 Å². The van der Waals surface area contributed by atoms with E-state index in [0.717, 1.165) is 16.1 Å². The molecule has 1 atom stereocenters. The number of ether oxygens (including phenoxy) is 1. The van der Waals surface area contributed by atoms with Crippen molar-refractivity contribution in [3.63, 3.8) is 0 Å². The molecule has 130 valence electrons. The molecule has 7 heteroatoms. The lowest BCUT2D eigenvalue weighted by molar-refractivity contribution is -0.138. The van der Waals surface area contributed by atoms with Crippen molar-refractivity contribution in [3.05, 3.63) is 53.1 Å². The van der Waals surface area contributed by atoms with Crippen LogP contribution in [0.4, 0.5) is 5.69 Å². The lowest BCUT2D eigenvalue weighted by Gasteiger charge is -2.33. The fourth-order valence-electron chi connectivity index (χ4n) is 2.71. The second kappa shape index (κ2) is 7.37. The smallest absolute Gasteiger partial charge is 0.305 e. The van der Waals surface area contributed by atoms with Crippen molar-refractivity contribution in [2.45, 2.75) is 23.1 Å². The van der Waals surface area contributed by atoms with Gasteiger partial charge >= 0.3 is 5.97 Å². The Balaban J connectivity index is 1.95. The van der Waals surface area contributed by atoms with Crippen LogP contribution in [0, 0.1) is 0 Å². The molecular weight excluding hydrogens is 362 g/mol. The molecule has 0 aromatic heterocycles. The van der Waals surface area contributed by atoms with E-state index in [1.807, 2.05) is 30.3 Å². The minimum Gasteiger partial charge on any atom is -0.495 e. The molecule has 0 aliphatic carbocycles. The Morgan fingerprint density at radius 3 is 2.80 bits per heavy atom. The highest BCUT2D eigenvalue weighted by Crippen LogP contribution is 2.41. The van der Waals surface area contributed by atoms with Crippen LogP contribution in [0.3, 0.4) is 0 Å². The maximum absolute atomic E-state index is 12.8. The fourth-order valence-corrected chi connectivity index (χ4v) is 4.12. The number of amides is 1. The number of carbonyl (C=O) groups excluding carboxylic acids is 1. The number of aliphatic carboxylic acids is 1. The summed E-state index contributed by atoms with van der Waals surface area (Å²) >= 11 is 7.36. The van der Waals surface area contributed by atoms with E-state index in [1.54, 1.807) is 17.0 Å². The third-order valence-corrected chi connectivity index (χ3v) is 5.45. The number of rotatable bonds is 5. The minimum absolute atomic E-state index is 0.208. The molecule has 0 radical (unpaired) electrons. The second-order valence-electron chi connectivity index (χ2n) is 5.57. The fraction of sp³-hybridized carbons (Fsp3) is 0.222. The normalized spacial score (nSPS) is 16.5. The Bertz CT molecular complexity index is 826. The maximum atomic E-state index is 12.8. The van der Waals surface area contributed by atoms with Gasteiger partial charge in [-0.1, -0.05) is 29.8 Å². The summed E-state index contributed by atoms with van der Waals surface area (Å²) < 4.78 is 5.23. The number of para-hydroxylation sites is 1. The van der Waals surface area contributed by atoms with Crippen molar-refractivity contribution in [2.75, 3.05) is 12.0 Å². The highest BCUT2D eigenvalue weighted by molar-refractivity contribution is 8.01. The van der Waals surface area contributed by atoms with Gasteiger partial charge in [-0.05, 0) is 29.8 Å². The average molecular weight is 378 g/mol. The second-order valence-corrected chi connectivity index (χ2v) is 7.22. The maximum Gasteiger partial charge on any atom is 0.305 e. The van der Waals surface area contributed by atoms with Crippen LogP contribution in [0.25, 0.3) is 0 Å². The molecular formula is C18H16ClNO4S. The molecule has 0 fully saturated rings. The van der Waals surface area contributed by atoms with Gasteiger partial charge in [0.25, 0.3) is 0 Å². The van der Waals surface area contributed by atoms with Crippen LogP contribution < -0.4 is 9.64 Å². The van der Waals surface area contributed by atoms with E-state index in [2.05, 4.69) is 0 Å². The minimum atomic E-state index is -0.988. The van der Waals surface area contributed by atoms with Gasteiger partial charge in [-0.15, -0.1) is 11.8 Å². The molecule has 0 saturated heterocycles. The SMILES string of the molecule is COc1cc(CN2C(=O)C(CC(=O)O)Sc3ccccc32)ccc1Cl. The van der Waals surface area contributed by atoms with Gasteiger partial charge in [0.1, 0.15) is 5.75 Å². The molecule has 1 N–H and O–H groups in total. The molecule has 3 rings (SSSR count). The van der Waals surface area contributed by atoms with Crippen LogP contribution in [0.15, 0.2) is 47.4 Å². The summed E-state index contributed by atoms with van der Waals surface area (Å²) in [6.07, 6.45) is -0.210. The van der Waals surface area contributed by atoms with E-state index >= 15 is 0 Å². The molecule has 1 aliphatic heterocycles. The summed E-state index contributed by atoms with van der Waals surface area (Å²) in [6, 6.07) is 12.8. The summed E-state index contributed by atoms with van der Waals surface area (Å²) in [5.41, 5.74) is 1.64. The van der Waals surface area contributed by atoms with Gasteiger partial charge in [-0.25, -0.2) is 0 Å². The molecule has 1 amide bonds. The van der Waals surface area contributed by atoms with Gasteiger partial charge in [0, 0.05) is 4.90 Å². The number of benzene rings is 2. The first-order valence-electron chi connectivity index (χ1n) is 7.61. The number of fused-ring (bicyclic) bond motifs is 1. The monoisotopic (exact) mass is 377 g/mol.